The van der Waals surface area contributed by atoms with Crippen LogP contribution in [0.1, 0.15) is 5.56 Å². The van der Waals surface area contributed by atoms with E-state index < -0.39 is 10.8 Å². The van der Waals surface area contributed by atoms with Crippen LogP contribution in [0.15, 0.2) is 46.4 Å². The molecule has 1 aliphatic heterocycles. The zero-order valence-electron chi connectivity index (χ0n) is 12.3. The zero-order valence-corrected chi connectivity index (χ0v) is 13.9. The van der Waals surface area contributed by atoms with Crippen LogP contribution >= 0.6 is 23.4 Å². The Bertz CT molecular complexity index is 928. The number of aromatic nitrogens is 1. The molecular formula is C15H9ClN4O4S. The van der Waals surface area contributed by atoms with Gasteiger partial charge in [-0.05, 0) is 36.0 Å². The lowest BCUT2D eigenvalue weighted by Gasteiger charge is -1.99. The first-order valence-electron chi connectivity index (χ1n) is 6.81. The fraction of sp³-hybridized carbons (Fsp3) is 0. The Balaban J connectivity index is 1.88. The Morgan fingerprint density at radius 2 is 2.16 bits per heavy atom. The van der Waals surface area contributed by atoms with E-state index in [2.05, 4.69) is 15.3 Å². The number of nitrogens with one attached hydrogen (secondary N) is 1. The van der Waals surface area contributed by atoms with Gasteiger partial charge in [-0.1, -0.05) is 11.6 Å². The van der Waals surface area contributed by atoms with E-state index >= 15 is 0 Å². The molecule has 0 aliphatic carbocycles. The maximum Gasteiger partial charge on any atom is 0.270 e. The van der Waals surface area contributed by atoms with Crippen LogP contribution in [-0.4, -0.2) is 26.1 Å². The minimum Gasteiger partial charge on any atom is -0.507 e. The summed E-state index contributed by atoms with van der Waals surface area (Å²) < 4.78 is 0. The normalized spacial score (nSPS) is 17.1. The summed E-state index contributed by atoms with van der Waals surface area (Å²) in [6.45, 7) is 0. The summed E-state index contributed by atoms with van der Waals surface area (Å²) in [6, 6.07) is 6.78. The molecule has 2 aromatic rings. The molecule has 0 spiro atoms. The molecule has 25 heavy (non-hydrogen) atoms. The monoisotopic (exact) mass is 376 g/mol. The second-order valence-electron chi connectivity index (χ2n) is 4.82. The number of hydrogen-bond acceptors (Lipinski definition) is 7. The molecule has 0 bridgehead atoms. The quantitative estimate of drug-likeness (QED) is 0.482. The molecule has 10 heteroatoms. The number of nitrogens with zero attached hydrogens (tertiary/aromatic N) is 3. The highest BCUT2D eigenvalue weighted by molar-refractivity contribution is 8.18. The number of amides is 1. The molecule has 1 saturated heterocycles. The minimum atomic E-state index is -0.581. The SMILES string of the molecule is O=C1NC(=Nc2ccc(Cl)cn2)S/C1=C\c1cc([N+](=O)[O-])ccc1O. The predicted octanol–water partition coefficient (Wildman–Crippen LogP) is 3.24. The van der Waals surface area contributed by atoms with Crippen molar-refractivity contribution in [2.45, 2.75) is 0 Å². The number of phenols is 1. The fourth-order valence-electron chi connectivity index (χ4n) is 1.93. The Morgan fingerprint density at radius 3 is 2.84 bits per heavy atom. The highest BCUT2D eigenvalue weighted by Crippen LogP contribution is 2.31. The van der Waals surface area contributed by atoms with Gasteiger partial charge < -0.3 is 10.4 Å². The van der Waals surface area contributed by atoms with Crippen molar-refractivity contribution in [2.75, 3.05) is 0 Å². The molecule has 1 aromatic heterocycles. The van der Waals surface area contributed by atoms with Crippen molar-refractivity contribution in [3.8, 4) is 5.75 Å². The van der Waals surface area contributed by atoms with Gasteiger partial charge in [-0.15, -0.1) is 0 Å². The number of rotatable bonds is 3. The average Bonchev–Trinajstić information content (AvgIpc) is 2.91. The van der Waals surface area contributed by atoms with Crippen LogP contribution in [0.5, 0.6) is 5.75 Å². The molecule has 0 saturated carbocycles. The van der Waals surface area contributed by atoms with Crippen LogP contribution in [0, 0.1) is 10.1 Å². The number of phenolic OH excluding ortho intramolecular Hbond substituents is 1. The van der Waals surface area contributed by atoms with E-state index in [4.69, 9.17) is 11.6 Å². The van der Waals surface area contributed by atoms with Gasteiger partial charge in [0, 0.05) is 23.9 Å². The highest BCUT2D eigenvalue weighted by atomic mass is 35.5. The number of halogens is 1. The van der Waals surface area contributed by atoms with Gasteiger partial charge in [-0.25, -0.2) is 9.98 Å². The summed E-state index contributed by atoms with van der Waals surface area (Å²) in [5, 5.41) is 24.0. The first-order valence-corrected chi connectivity index (χ1v) is 8.00. The third kappa shape index (κ3) is 3.95. The summed E-state index contributed by atoms with van der Waals surface area (Å²) in [5.41, 5.74) is -0.0231. The number of amidine groups is 1. The van der Waals surface area contributed by atoms with Crippen LogP contribution in [0.25, 0.3) is 6.08 Å². The highest BCUT2D eigenvalue weighted by Gasteiger charge is 2.24. The van der Waals surface area contributed by atoms with Crippen molar-refractivity contribution in [2.24, 2.45) is 4.99 Å². The van der Waals surface area contributed by atoms with Crippen LogP contribution in [-0.2, 0) is 4.79 Å². The van der Waals surface area contributed by atoms with Crippen LogP contribution < -0.4 is 5.32 Å². The number of carbonyl (C=O) groups is 1. The second-order valence-corrected chi connectivity index (χ2v) is 6.28. The lowest BCUT2D eigenvalue weighted by molar-refractivity contribution is -0.384. The van der Waals surface area contributed by atoms with Crippen molar-refractivity contribution < 1.29 is 14.8 Å². The van der Waals surface area contributed by atoms with Crippen LogP contribution in [0.4, 0.5) is 11.5 Å². The van der Waals surface area contributed by atoms with Gasteiger partial charge >= 0.3 is 0 Å². The number of aromatic hydroxyl groups is 1. The van der Waals surface area contributed by atoms with E-state index in [1.165, 1.54) is 30.5 Å². The summed E-state index contributed by atoms with van der Waals surface area (Å²) in [6.07, 6.45) is 2.79. The largest absolute Gasteiger partial charge is 0.507 e. The summed E-state index contributed by atoms with van der Waals surface area (Å²) in [5.74, 6) is -0.230. The van der Waals surface area contributed by atoms with Crippen LogP contribution in [0.3, 0.4) is 0 Å². The van der Waals surface area contributed by atoms with Gasteiger partial charge in [0.2, 0.25) is 0 Å². The molecule has 1 fully saturated rings. The zero-order chi connectivity index (χ0) is 18.0. The summed E-state index contributed by atoms with van der Waals surface area (Å²) >= 11 is 6.78. The second kappa shape index (κ2) is 6.91. The lowest BCUT2D eigenvalue weighted by atomic mass is 10.1. The Hall–Kier alpha value is -2.91. The number of benzene rings is 1. The molecule has 8 nitrogen and oxygen atoms in total. The maximum absolute atomic E-state index is 12.0. The van der Waals surface area contributed by atoms with Crippen molar-refractivity contribution in [1.82, 2.24) is 10.3 Å². The third-order valence-corrected chi connectivity index (χ3v) is 4.22. The number of thioether (sulfide) groups is 1. The summed E-state index contributed by atoms with van der Waals surface area (Å²) in [4.78, 5) is 30.7. The molecule has 126 valence electrons. The molecule has 0 unspecified atom stereocenters. The number of aliphatic imine (C=N–C) groups is 1. The number of non-ortho nitro benzene ring substituents is 1. The van der Waals surface area contributed by atoms with Gasteiger partial charge in [-0.2, -0.15) is 0 Å². The van der Waals surface area contributed by atoms with Crippen molar-refractivity contribution in [3.05, 3.63) is 62.1 Å². The first-order chi connectivity index (χ1) is 11.9. The minimum absolute atomic E-state index is 0.165. The van der Waals surface area contributed by atoms with Crippen molar-refractivity contribution >= 4 is 52.0 Å². The van der Waals surface area contributed by atoms with E-state index in [1.807, 2.05) is 0 Å². The van der Waals surface area contributed by atoms with Gasteiger partial charge in [-0.3, -0.25) is 14.9 Å². The van der Waals surface area contributed by atoms with Crippen molar-refractivity contribution in [3.63, 3.8) is 0 Å². The molecule has 0 atom stereocenters. The molecule has 0 radical (unpaired) electrons. The van der Waals surface area contributed by atoms with Crippen LogP contribution in [0.2, 0.25) is 5.02 Å². The topological polar surface area (TPSA) is 118 Å². The molecular weight excluding hydrogens is 368 g/mol. The fourth-order valence-corrected chi connectivity index (χ4v) is 2.86. The average molecular weight is 377 g/mol. The number of pyridine rings is 1. The Morgan fingerprint density at radius 1 is 1.36 bits per heavy atom. The molecule has 1 amide bonds. The first kappa shape index (κ1) is 16.9. The van der Waals surface area contributed by atoms with E-state index in [0.717, 1.165) is 11.8 Å². The smallest absolute Gasteiger partial charge is 0.270 e. The number of carbonyl (C=O) groups excluding carboxylic acids is 1. The molecule has 2 heterocycles. The molecule has 1 aromatic carbocycles. The van der Waals surface area contributed by atoms with E-state index in [1.54, 1.807) is 12.1 Å². The molecule has 2 N–H and O–H groups in total. The standard InChI is InChI=1S/C15H9ClN4O4S/c16-9-1-4-13(17-7-9)18-15-19-14(22)12(25-15)6-8-5-10(20(23)24)2-3-11(8)21/h1-7,21H,(H,17,18,19,22)/b12-6-. The Labute approximate surface area is 150 Å². The van der Waals surface area contributed by atoms with E-state index in [0.29, 0.717) is 16.0 Å². The predicted molar refractivity (Wildman–Crippen MR) is 94.8 cm³/mol. The molecule has 3 rings (SSSR count). The van der Waals surface area contributed by atoms with Gasteiger partial charge in [0.1, 0.15) is 5.75 Å². The van der Waals surface area contributed by atoms with Gasteiger partial charge in [0.25, 0.3) is 11.6 Å². The van der Waals surface area contributed by atoms with E-state index in [-0.39, 0.29) is 21.9 Å². The third-order valence-electron chi connectivity index (χ3n) is 3.09. The summed E-state index contributed by atoms with van der Waals surface area (Å²) in [7, 11) is 0. The molecule has 1 aliphatic rings. The van der Waals surface area contributed by atoms with Crippen molar-refractivity contribution in [1.29, 1.82) is 0 Å². The van der Waals surface area contributed by atoms with Gasteiger partial charge in [0.05, 0.1) is 14.9 Å². The number of nitro groups is 1. The number of nitro benzene ring substituents is 1. The lowest BCUT2D eigenvalue weighted by Crippen LogP contribution is -2.19. The maximum atomic E-state index is 12.0. The number of hydrogen-bond donors (Lipinski definition) is 2. The van der Waals surface area contributed by atoms with Gasteiger partial charge in [0.15, 0.2) is 11.0 Å². The van der Waals surface area contributed by atoms with E-state index in [9.17, 15) is 20.0 Å². The Kier molecular flexibility index (Phi) is 4.68.